The van der Waals surface area contributed by atoms with Crippen LogP contribution in [0.4, 0.5) is 4.39 Å². The standard InChI is InChI=1S/C16H21FN2O3S/c17-14-3-1-13(2-4-14)11-16(20)19-8-6-18(7-9-19)15-5-10-23(21,22)12-15/h1-4,15H,5-12H2. The van der Waals surface area contributed by atoms with E-state index in [1.54, 1.807) is 12.1 Å². The maximum absolute atomic E-state index is 12.9. The number of hydrogen-bond donors (Lipinski definition) is 0. The number of rotatable bonds is 3. The normalized spacial score (nSPS) is 24.7. The number of carbonyl (C=O) groups excluding carboxylic acids is 1. The summed E-state index contributed by atoms with van der Waals surface area (Å²) in [6, 6.07) is 6.09. The lowest BCUT2D eigenvalue weighted by Gasteiger charge is -2.37. The van der Waals surface area contributed by atoms with E-state index in [0.717, 1.165) is 18.7 Å². The highest BCUT2D eigenvalue weighted by molar-refractivity contribution is 7.91. The first-order valence-corrected chi connectivity index (χ1v) is 9.72. The molecule has 1 unspecified atom stereocenters. The Hall–Kier alpha value is -1.47. The monoisotopic (exact) mass is 340 g/mol. The van der Waals surface area contributed by atoms with Crippen molar-refractivity contribution in [3.05, 3.63) is 35.6 Å². The van der Waals surface area contributed by atoms with Crippen LogP contribution in [-0.2, 0) is 21.1 Å². The van der Waals surface area contributed by atoms with Crippen molar-refractivity contribution in [1.82, 2.24) is 9.80 Å². The van der Waals surface area contributed by atoms with Gasteiger partial charge in [-0.3, -0.25) is 9.69 Å². The van der Waals surface area contributed by atoms with Crippen LogP contribution >= 0.6 is 0 Å². The lowest BCUT2D eigenvalue weighted by molar-refractivity contribution is -0.132. The molecule has 2 fully saturated rings. The van der Waals surface area contributed by atoms with Gasteiger partial charge in [0.25, 0.3) is 0 Å². The van der Waals surface area contributed by atoms with Crippen molar-refractivity contribution >= 4 is 15.7 Å². The minimum Gasteiger partial charge on any atom is -0.340 e. The first-order valence-electron chi connectivity index (χ1n) is 7.90. The summed E-state index contributed by atoms with van der Waals surface area (Å²) in [5.74, 6) is 0.259. The summed E-state index contributed by atoms with van der Waals surface area (Å²) < 4.78 is 36.0. The SMILES string of the molecule is O=C(Cc1ccc(F)cc1)N1CCN(C2CCS(=O)(=O)C2)CC1. The van der Waals surface area contributed by atoms with Crippen LogP contribution in [0, 0.1) is 5.82 Å². The van der Waals surface area contributed by atoms with E-state index in [1.807, 2.05) is 4.90 Å². The molecule has 5 nitrogen and oxygen atoms in total. The van der Waals surface area contributed by atoms with Gasteiger partial charge in [-0.1, -0.05) is 12.1 Å². The van der Waals surface area contributed by atoms with Crippen molar-refractivity contribution < 1.29 is 17.6 Å². The van der Waals surface area contributed by atoms with Crippen LogP contribution in [-0.4, -0.2) is 67.9 Å². The topological polar surface area (TPSA) is 57.7 Å². The molecule has 2 saturated heterocycles. The van der Waals surface area contributed by atoms with E-state index in [9.17, 15) is 17.6 Å². The zero-order valence-corrected chi connectivity index (χ0v) is 13.8. The molecule has 0 saturated carbocycles. The summed E-state index contributed by atoms with van der Waals surface area (Å²) in [7, 11) is -2.87. The third kappa shape index (κ3) is 4.09. The second kappa shape index (κ2) is 6.57. The van der Waals surface area contributed by atoms with Gasteiger partial charge >= 0.3 is 0 Å². The minimum atomic E-state index is -2.87. The quantitative estimate of drug-likeness (QED) is 0.813. The molecule has 1 aromatic rings. The summed E-state index contributed by atoms with van der Waals surface area (Å²) >= 11 is 0. The minimum absolute atomic E-state index is 0.0373. The summed E-state index contributed by atoms with van der Waals surface area (Å²) in [5.41, 5.74) is 0.806. The van der Waals surface area contributed by atoms with E-state index in [0.29, 0.717) is 19.5 Å². The van der Waals surface area contributed by atoms with Gasteiger partial charge in [-0.05, 0) is 24.1 Å². The van der Waals surface area contributed by atoms with Crippen molar-refractivity contribution in [3.8, 4) is 0 Å². The molecule has 126 valence electrons. The van der Waals surface area contributed by atoms with Crippen molar-refractivity contribution in [2.75, 3.05) is 37.7 Å². The third-order valence-electron chi connectivity index (χ3n) is 4.66. The van der Waals surface area contributed by atoms with Gasteiger partial charge in [0.15, 0.2) is 9.84 Å². The van der Waals surface area contributed by atoms with Crippen molar-refractivity contribution in [1.29, 1.82) is 0 Å². The molecule has 1 aromatic carbocycles. The smallest absolute Gasteiger partial charge is 0.227 e. The Morgan fingerprint density at radius 3 is 2.35 bits per heavy atom. The molecule has 2 aliphatic heterocycles. The number of benzene rings is 1. The van der Waals surface area contributed by atoms with Gasteiger partial charge in [0.05, 0.1) is 17.9 Å². The molecule has 1 amide bonds. The Labute approximate surface area is 136 Å². The van der Waals surface area contributed by atoms with Crippen LogP contribution in [0.1, 0.15) is 12.0 Å². The van der Waals surface area contributed by atoms with Gasteiger partial charge < -0.3 is 4.90 Å². The molecular formula is C16H21FN2O3S. The van der Waals surface area contributed by atoms with E-state index < -0.39 is 9.84 Å². The first-order chi connectivity index (χ1) is 10.9. The number of halogens is 1. The van der Waals surface area contributed by atoms with Crippen LogP contribution < -0.4 is 0 Å². The summed E-state index contributed by atoms with van der Waals surface area (Å²) in [5, 5.41) is 0. The van der Waals surface area contributed by atoms with Gasteiger partial charge in [0.2, 0.25) is 5.91 Å². The van der Waals surface area contributed by atoms with E-state index in [-0.39, 0.29) is 35.7 Å². The molecule has 0 aliphatic carbocycles. The van der Waals surface area contributed by atoms with E-state index >= 15 is 0 Å². The van der Waals surface area contributed by atoms with Gasteiger partial charge in [-0.25, -0.2) is 12.8 Å². The molecule has 2 heterocycles. The van der Waals surface area contributed by atoms with Crippen LogP contribution in [0.25, 0.3) is 0 Å². The highest BCUT2D eigenvalue weighted by Crippen LogP contribution is 2.19. The van der Waals surface area contributed by atoms with Crippen molar-refractivity contribution in [2.24, 2.45) is 0 Å². The fraction of sp³-hybridized carbons (Fsp3) is 0.562. The zero-order valence-electron chi connectivity index (χ0n) is 12.9. The van der Waals surface area contributed by atoms with Crippen molar-refractivity contribution in [3.63, 3.8) is 0 Å². The molecule has 0 N–H and O–H groups in total. The molecular weight excluding hydrogens is 319 g/mol. The van der Waals surface area contributed by atoms with Crippen LogP contribution in [0.2, 0.25) is 0 Å². The molecule has 0 radical (unpaired) electrons. The molecule has 1 atom stereocenters. The van der Waals surface area contributed by atoms with Gasteiger partial charge in [0.1, 0.15) is 5.82 Å². The van der Waals surface area contributed by atoms with Gasteiger partial charge in [-0.2, -0.15) is 0 Å². The predicted molar refractivity (Wildman–Crippen MR) is 85.3 cm³/mol. The highest BCUT2D eigenvalue weighted by Gasteiger charge is 2.34. The van der Waals surface area contributed by atoms with Gasteiger partial charge in [0, 0.05) is 32.2 Å². The summed E-state index contributed by atoms with van der Waals surface area (Å²) in [6.07, 6.45) is 0.976. The van der Waals surface area contributed by atoms with Crippen LogP contribution in [0.5, 0.6) is 0 Å². The number of sulfone groups is 1. The molecule has 0 spiro atoms. The Bertz CT molecular complexity index is 667. The molecule has 3 rings (SSSR count). The van der Waals surface area contributed by atoms with Crippen molar-refractivity contribution in [2.45, 2.75) is 18.9 Å². The Morgan fingerprint density at radius 2 is 1.78 bits per heavy atom. The lowest BCUT2D eigenvalue weighted by Crippen LogP contribution is -2.52. The molecule has 2 aliphatic rings. The summed E-state index contributed by atoms with van der Waals surface area (Å²) in [6.45, 7) is 2.68. The maximum atomic E-state index is 12.9. The summed E-state index contributed by atoms with van der Waals surface area (Å²) in [4.78, 5) is 16.3. The molecule has 23 heavy (non-hydrogen) atoms. The Morgan fingerprint density at radius 1 is 1.13 bits per heavy atom. The largest absolute Gasteiger partial charge is 0.340 e. The van der Waals surface area contributed by atoms with E-state index in [4.69, 9.17) is 0 Å². The number of carbonyl (C=O) groups is 1. The van der Waals surface area contributed by atoms with Crippen LogP contribution in [0.15, 0.2) is 24.3 Å². The average Bonchev–Trinajstić information content (AvgIpc) is 2.90. The van der Waals surface area contributed by atoms with E-state index in [1.165, 1.54) is 12.1 Å². The fourth-order valence-corrected chi connectivity index (χ4v) is 5.05. The van der Waals surface area contributed by atoms with Gasteiger partial charge in [-0.15, -0.1) is 0 Å². The molecule has 7 heteroatoms. The molecule has 0 bridgehead atoms. The fourth-order valence-electron chi connectivity index (χ4n) is 3.29. The average molecular weight is 340 g/mol. The number of hydrogen-bond acceptors (Lipinski definition) is 4. The first kappa shape index (κ1) is 16.4. The van der Waals surface area contributed by atoms with E-state index in [2.05, 4.69) is 4.90 Å². The second-order valence-corrected chi connectivity index (χ2v) is 8.51. The Balaban J connectivity index is 1.50. The molecule has 0 aromatic heterocycles. The lowest BCUT2D eigenvalue weighted by atomic mass is 10.1. The number of piperazine rings is 1. The highest BCUT2D eigenvalue weighted by atomic mass is 32.2. The zero-order chi connectivity index (χ0) is 16.4. The second-order valence-electron chi connectivity index (χ2n) is 6.28. The predicted octanol–water partition coefficient (Wildman–Crippen LogP) is 0.700. The third-order valence-corrected chi connectivity index (χ3v) is 6.41. The number of nitrogens with zero attached hydrogens (tertiary/aromatic N) is 2. The number of amides is 1. The Kier molecular flexibility index (Phi) is 4.68. The van der Waals surface area contributed by atoms with Crippen LogP contribution in [0.3, 0.4) is 0 Å². The maximum Gasteiger partial charge on any atom is 0.227 e.